The second-order valence-electron chi connectivity index (χ2n) is 3.94. The van der Waals surface area contributed by atoms with Crippen molar-refractivity contribution in [1.29, 1.82) is 0 Å². The van der Waals surface area contributed by atoms with Gasteiger partial charge in [0.25, 0.3) is 0 Å². The van der Waals surface area contributed by atoms with Gasteiger partial charge in [-0.1, -0.05) is 24.1 Å². The Balaban J connectivity index is 3.41. The Bertz CT molecular complexity index is 180. The van der Waals surface area contributed by atoms with Crippen LogP contribution in [0.4, 0.5) is 0 Å². The summed E-state index contributed by atoms with van der Waals surface area (Å²) < 4.78 is 5.39. The van der Waals surface area contributed by atoms with Crippen molar-refractivity contribution >= 4 is 0 Å². The molecular formula is C13H24O. The highest BCUT2D eigenvalue weighted by Gasteiger charge is 1.91. The zero-order chi connectivity index (χ0) is 10.8. The van der Waals surface area contributed by atoms with Gasteiger partial charge in [-0.2, -0.15) is 0 Å². The van der Waals surface area contributed by atoms with E-state index in [1.807, 2.05) is 0 Å². The molecule has 1 nitrogen and oxygen atoms in total. The molecule has 0 aromatic heterocycles. The maximum atomic E-state index is 5.39. The van der Waals surface area contributed by atoms with Crippen molar-refractivity contribution in [3.05, 3.63) is 23.8 Å². The van der Waals surface area contributed by atoms with Crippen LogP contribution in [0.5, 0.6) is 0 Å². The molecule has 0 aliphatic carbocycles. The standard InChI is InChI=1S/C13H24O/c1-5-10-14-11-9-13(4)8-6-7-12(2)3/h9H,2,5-8,10-11H2,1,3-4H3/b13-9+. The number of rotatable bonds is 8. The number of allylic oxidation sites excluding steroid dienone is 2. The van der Waals surface area contributed by atoms with Crippen molar-refractivity contribution in [2.24, 2.45) is 0 Å². The van der Waals surface area contributed by atoms with Crippen LogP contribution >= 0.6 is 0 Å². The Morgan fingerprint density at radius 2 is 2.00 bits per heavy atom. The molecule has 0 N–H and O–H groups in total. The predicted molar refractivity (Wildman–Crippen MR) is 63.5 cm³/mol. The smallest absolute Gasteiger partial charge is 0.0649 e. The van der Waals surface area contributed by atoms with E-state index in [4.69, 9.17) is 4.74 Å². The first kappa shape index (κ1) is 13.4. The van der Waals surface area contributed by atoms with Crippen LogP contribution in [-0.2, 0) is 4.74 Å². The van der Waals surface area contributed by atoms with E-state index in [2.05, 4.69) is 33.4 Å². The van der Waals surface area contributed by atoms with Gasteiger partial charge < -0.3 is 4.74 Å². The summed E-state index contributed by atoms with van der Waals surface area (Å²) in [4.78, 5) is 0. The molecule has 0 unspecified atom stereocenters. The lowest BCUT2D eigenvalue weighted by atomic mass is 10.1. The van der Waals surface area contributed by atoms with Crippen LogP contribution in [0, 0.1) is 0 Å². The molecule has 0 atom stereocenters. The summed E-state index contributed by atoms with van der Waals surface area (Å²) in [6, 6.07) is 0. The summed E-state index contributed by atoms with van der Waals surface area (Å²) in [5, 5.41) is 0. The molecule has 82 valence electrons. The van der Waals surface area contributed by atoms with Gasteiger partial charge in [0.15, 0.2) is 0 Å². The summed E-state index contributed by atoms with van der Waals surface area (Å²) in [5.41, 5.74) is 2.71. The minimum Gasteiger partial charge on any atom is -0.377 e. The third kappa shape index (κ3) is 9.53. The highest BCUT2D eigenvalue weighted by molar-refractivity contribution is 4.99. The Morgan fingerprint density at radius 3 is 2.57 bits per heavy atom. The first-order valence-electron chi connectivity index (χ1n) is 5.54. The Labute approximate surface area is 88.9 Å². The van der Waals surface area contributed by atoms with Crippen molar-refractivity contribution in [3.8, 4) is 0 Å². The molecule has 0 spiro atoms. The molecule has 14 heavy (non-hydrogen) atoms. The molecule has 0 bridgehead atoms. The van der Waals surface area contributed by atoms with Crippen LogP contribution in [0.3, 0.4) is 0 Å². The average Bonchev–Trinajstić information content (AvgIpc) is 2.12. The summed E-state index contributed by atoms with van der Waals surface area (Å²) in [6.07, 6.45) is 6.81. The van der Waals surface area contributed by atoms with Crippen LogP contribution in [0.2, 0.25) is 0 Å². The number of hydrogen-bond acceptors (Lipinski definition) is 1. The largest absolute Gasteiger partial charge is 0.377 e. The van der Waals surface area contributed by atoms with Crippen LogP contribution < -0.4 is 0 Å². The topological polar surface area (TPSA) is 9.23 Å². The second-order valence-corrected chi connectivity index (χ2v) is 3.94. The lowest BCUT2D eigenvalue weighted by molar-refractivity contribution is 0.162. The fourth-order valence-electron chi connectivity index (χ4n) is 1.20. The summed E-state index contributed by atoms with van der Waals surface area (Å²) >= 11 is 0. The molecule has 0 rings (SSSR count). The minimum absolute atomic E-state index is 0.771. The van der Waals surface area contributed by atoms with E-state index in [0.29, 0.717) is 0 Å². The molecule has 0 amide bonds. The third-order valence-corrected chi connectivity index (χ3v) is 2.07. The molecule has 0 fully saturated rings. The Morgan fingerprint density at radius 1 is 1.29 bits per heavy atom. The quantitative estimate of drug-likeness (QED) is 0.419. The Kier molecular flexibility index (Phi) is 8.65. The normalized spacial score (nSPS) is 11.8. The van der Waals surface area contributed by atoms with Crippen LogP contribution in [0.15, 0.2) is 23.8 Å². The van der Waals surface area contributed by atoms with E-state index in [-0.39, 0.29) is 0 Å². The molecule has 0 aliphatic rings. The monoisotopic (exact) mass is 196 g/mol. The van der Waals surface area contributed by atoms with E-state index < -0.39 is 0 Å². The van der Waals surface area contributed by atoms with E-state index in [0.717, 1.165) is 26.1 Å². The highest BCUT2D eigenvalue weighted by Crippen LogP contribution is 2.09. The van der Waals surface area contributed by atoms with Gasteiger partial charge >= 0.3 is 0 Å². The van der Waals surface area contributed by atoms with Crippen LogP contribution in [0.1, 0.15) is 46.5 Å². The SMILES string of the molecule is C=C(C)CCC/C(C)=C/COCCC. The predicted octanol–water partition coefficient (Wildman–Crippen LogP) is 4.11. The molecule has 0 heterocycles. The van der Waals surface area contributed by atoms with Gasteiger partial charge in [0, 0.05) is 6.61 Å². The first-order chi connectivity index (χ1) is 6.66. The lowest BCUT2D eigenvalue weighted by Crippen LogP contribution is -1.93. The highest BCUT2D eigenvalue weighted by atomic mass is 16.5. The van der Waals surface area contributed by atoms with Crippen LogP contribution in [-0.4, -0.2) is 13.2 Å². The fraction of sp³-hybridized carbons (Fsp3) is 0.692. The number of hydrogen-bond donors (Lipinski definition) is 0. The lowest BCUT2D eigenvalue weighted by Gasteiger charge is -2.02. The van der Waals surface area contributed by atoms with E-state index in [9.17, 15) is 0 Å². The Hall–Kier alpha value is -0.560. The number of ether oxygens (including phenoxy) is 1. The maximum absolute atomic E-state index is 5.39. The maximum Gasteiger partial charge on any atom is 0.0649 e. The zero-order valence-corrected chi connectivity index (χ0v) is 9.94. The van der Waals surface area contributed by atoms with Gasteiger partial charge in [-0.3, -0.25) is 0 Å². The molecule has 1 heteroatoms. The molecule has 0 saturated carbocycles. The zero-order valence-electron chi connectivity index (χ0n) is 9.94. The summed E-state index contributed by atoms with van der Waals surface area (Å²) in [6.45, 7) is 11.9. The fourth-order valence-corrected chi connectivity index (χ4v) is 1.20. The van der Waals surface area contributed by atoms with Gasteiger partial charge in [-0.15, -0.1) is 6.58 Å². The summed E-state index contributed by atoms with van der Waals surface area (Å²) in [7, 11) is 0. The van der Waals surface area contributed by atoms with Gasteiger partial charge in [0.05, 0.1) is 6.61 Å². The third-order valence-electron chi connectivity index (χ3n) is 2.07. The van der Waals surface area contributed by atoms with Gasteiger partial charge in [-0.25, -0.2) is 0 Å². The van der Waals surface area contributed by atoms with Crippen LogP contribution in [0.25, 0.3) is 0 Å². The van der Waals surface area contributed by atoms with E-state index >= 15 is 0 Å². The van der Waals surface area contributed by atoms with E-state index in [1.54, 1.807) is 0 Å². The molecule has 0 radical (unpaired) electrons. The second kappa shape index (κ2) is 9.01. The molecule has 0 aromatic rings. The molecular weight excluding hydrogens is 172 g/mol. The average molecular weight is 196 g/mol. The molecule has 0 aliphatic heterocycles. The van der Waals surface area contributed by atoms with Crippen molar-refractivity contribution in [1.82, 2.24) is 0 Å². The summed E-state index contributed by atoms with van der Waals surface area (Å²) in [5.74, 6) is 0. The van der Waals surface area contributed by atoms with Crippen molar-refractivity contribution in [3.63, 3.8) is 0 Å². The molecule has 0 aromatic carbocycles. The van der Waals surface area contributed by atoms with Crippen molar-refractivity contribution < 1.29 is 4.74 Å². The molecule has 0 saturated heterocycles. The van der Waals surface area contributed by atoms with Gasteiger partial charge in [0.1, 0.15) is 0 Å². The van der Waals surface area contributed by atoms with Crippen molar-refractivity contribution in [2.45, 2.75) is 46.5 Å². The van der Waals surface area contributed by atoms with E-state index in [1.165, 1.54) is 24.0 Å². The minimum atomic E-state index is 0.771. The van der Waals surface area contributed by atoms with Gasteiger partial charge in [0.2, 0.25) is 0 Å². The first-order valence-corrected chi connectivity index (χ1v) is 5.54. The van der Waals surface area contributed by atoms with Gasteiger partial charge in [-0.05, 0) is 39.5 Å². The van der Waals surface area contributed by atoms with Crippen molar-refractivity contribution in [2.75, 3.05) is 13.2 Å².